The fourth-order valence-electron chi connectivity index (χ4n) is 1.97. The summed E-state index contributed by atoms with van der Waals surface area (Å²) in [6.07, 6.45) is 0.682. The van der Waals surface area contributed by atoms with Crippen LogP contribution in [-0.2, 0) is 6.42 Å². The van der Waals surface area contributed by atoms with Gasteiger partial charge in [-0.1, -0.05) is 37.0 Å². The van der Waals surface area contributed by atoms with E-state index < -0.39 is 5.97 Å². The van der Waals surface area contributed by atoms with Crippen LogP contribution < -0.4 is 0 Å². The number of fused-ring (bicyclic) bond motifs is 1. The summed E-state index contributed by atoms with van der Waals surface area (Å²) >= 11 is 13.5. The van der Waals surface area contributed by atoms with Crippen LogP contribution in [0.2, 0.25) is 10.0 Å². The zero-order valence-corrected chi connectivity index (χ0v) is 12.3. The molecule has 0 bridgehead atoms. The fraction of sp³-hybridized carbons (Fsp3) is 0.308. The molecular weight excluding hydrogens is 291 g/mol. The Morgan fingerprint density at radius 1 is 1.33 bits per heavy atom. The van der Waals surface area contributed by atoms with E-state index in [0.29, 0.717) is 27.3 Å². The number of rotatable bonds is 3. The molecule has 0 aliphatic rings. The van der Waals surface area contributed by atoms with E-state index in [1.807, 2.05) is 13.8 Å². The highest BCUT2D eigenvalue weighted by molar-refractivity contribution is 7.21. The minimum atomic E-state index is -0.918. The van der Waals surface area contributed by atoms with Gasteiger partial charge in [-0.2, -0.15) is 0 Å². The van der Waals surface area contributed by atoms with E-state index in [2.05, 4.69) is 0 Å². The number of benzene rings is 1. The number of thiophene rings is 1. The first-order valence-corrected chi connectivity index (χ1v) is 7.11. The minimum absolute atomic E-state index is 0.341. The van der Waals surface area contributed by atoms with Gasteiger partial charge in [-0.15, -0.1) is 11.3 Å². The lowest BCUT2D eigenvalue weighted by Crippen LogP contribution is -2.01. The molecule has 1 heterocycles. The Morgan fingerprint density at radius 2 is 1.94 bits per heavy atom. The maximum atomic E-state index is 11.3. The molecule has 0 saturated heterocycles. The summed E-state index contributed by atoms with van der Waals surface area (Å²) in [5.41, 5.74) is 0.796. The van der Waals surface area contributed by atoms with Crippen molar-refractivity contribution in [2.45, 2.75) is 20.3 Å². The number of carbonyl (C=O) groups is 1. The number of carboxylic acids is 1. The average Bonchev–Trinajstić information content (AvgIpc) is 2.63. The van der Waals surface area contributed by atoms with E-state index in [4.69, 9.17) is 23.2 Å². The van der Waals surface area contributed by atoms with Gasteiger partial charge >= 0.3 is 5.97 Å². The predicted molar refractivity (Wildman–Crippen MR) is 77.3 cm³/mol. The summed E-state index contributed by atoms with van der Waals surface area (Å²) < 4.78 is 0.761. The number of hydrogen-bond acceptors (Lipinski definition) is 2. The molecule has 2 rings (SSSR count). The topological polar surface area (TPSA) is 37.3 Å². The standard InChI is InChI=1S/C13H12Cl2O2S/c1-6(2)5-7-10-8(14)3-4-9(15)12(10)18-11(7)13(16)17/h3-4,6H,5H2,1-2H3,(H,16,17). The van der Waals surface area contributed by atoms with Crippen LogP contribution in [0.25, 0.3) is 10.1 Å². The van der Waals surface area contributed by atoms with Gasteiger partial charge in [-0.25, -0.2) is 4.79 Å². The van der Waals surface area contributed by atoms with Gasteiger partial charge in [0.15, 0.2) is 0 Å². The van der Waals surface area contributed by atoms with Crippen molar-refractivity contribution in [3.63, 3.8) is 0 Å². The second-order valence-corrected chi connectivity index (χ2v) is 6.38. The normalized spacial score (nSPS) is 11.4. The van der Waals surface area contributed by atoms with Crippen LogP contribution in [0.3, 0.4) is 0 Å². The molecule has 0 spiro atoms. The Kier molecular flexibility index (Phi) is 3.85. The number of carboxylic acid groups (broad SMARTS) is 1. The second-order valence-electron chi connectivity index (χ2n) is 4.55. The molecule has 0 atom stereocenters. The predicted octanol–water partition coefficient (Wildman–Crippen LogP) is 5.10. The van der Waals surface area contributed by atoms with Gasteiger partial charge in [0.05, 0.1) is 9.72 Å². The van der Waals surface area contributed by atoms with E-state index in [-0.39, 0.29) is 0 Å². The third kappa shape index (κ3) is 2.35. The van der Waals surface area contributed by atoms with E-state index in [1.165, 1.54) is 11.3 Å². The molecule has 18 heavy (non-hydrogen) atoms. The van der Waals surface area contributed by atoms with Gasteiger partial charge < -0.3 is 5.11 Å². The van der Waals surface area contributed by atoms with E-state index >= 15 is 0 Å². The third-order valence-corrected chi connectivity index (χ3v) is 4.64. The van der Waals surface area contributed by atoms with Crippen molar-refractivity contribution in [3.05, 3.63) is 32.6 Å². The Hall–Kier alpha value is -0.770. The molecule has 96 valence electrons. The van der Waals surface area contributed by atoms with Gasteiger partial charge in [-0.05, 0) is 30.0 Å². The Labute approximate surface area is 119 Å². The van der Waals surface area contributed by atoms with Crippen LogP contribution in [0.15, 0.2) is 12.1 Å². The first kappa shape index (κ1) is 13.7. The highest BCUT2D eigenvalue weighted by Gasteiger charge is 2.21. The maximum absolute atomic E-state index is 11.3. The van der Waals surface area contributed by atoms with Crippen molar-refractivity contribution in [1.82, 2.24) is 0 Å². The Balaban J connectivity index is 2.80. The monoisotopic (exact) mass is 302 g/mol. The van der Waals surface area contributed by atoms with Gasteiger partial charge in [0.2, 0.25) is 0 Å². The van der Waals surface area contributed by atoms with Crippen LogP contribution in [0.4, 0.5) is 0 Å². The summed E-state index contributed by atoms with van der Waals surface area (Å²) in [7, 11) is 0. The zero-order chi connectivity index (χ0) is 13.4. The molecule has 0 aliphatic heterocycles. The second kappa shape index (κ2) is 5.08. The Bertz CT molecular complexity index is 617. The van der Waals surface area contributed by atoms with Gasteiger partial charge in [-0.3, -0.25) is 0 Å². The van der Waals surface area contributed by atoms with E-state index in [1.54, 1.807) is 12.1 Å². The molecule has 5 heteroatoms. The van der Waals surface area contributed by atoms with Crippen LogP contribution in [-0.4, -0.2) is 11.1 Å². The summed E-state index contributed by atoms with van der Waals surface area (Å²) in [5.74, 6) is -0.560. The molecular formula is C13H12Cl2O2S. The van der Waals surface area contributed by atoms with E-state index in [9.17, 15) is 9.90 Å². The van der Waals surface area contributed by atoms with Crippen LogP contribution >= 0.6 is 34.5 Å². The summed E-state index contributed by atoms with van der Waals surface area (Å²) in [6.45, 7) is 4.10. The van der Waals surface area contributed by atoms with Crippen LogP contribution in [0, 0.1) is 5.92 Å². The Morgan fingerprint density at radius 3 is 2.50 bits per heavy atom. The number of halogens is 2. The first-order chi connectivity index (χ1) is 8.41. The van der Waals surface area contributed by atoms with E-state index in [0.717, 1.165) is 15.6 Å². The summed E-state index contributed by atoms with van der Waals surface area (Å²) in [4.78, 5) is 11.7. The lowest BCUT2D eigenvalue weighted by atomic mass is 10.00. The van der Waals surface area contributed by atoms with Crippen LogP contribution in [0.5, 0.6) is 0 Å². The third-order valence-electron chi connectivity index (χ3n) is 2.65. The summed E-state index contributed by atoms with van der Waals surface area (Å²) in [6, 6.07) is 3.42. The number of aromatic carboxylic acids is 1. The molecule has 1 N–H and O–H groups in total. The highest BCUT2D eigenvalue weighted by atomic mass is 35.5. The van der Waals surface area contributed by atoms with Gasteiger partial charge in [0.1, 0.15) is 4.88 Å². The van der Waals surface area contributed by atoms with Gasteiger partial charge in [0, 0.05) is 10.4 Å². The molecule has 2 nitrogen and oxygen atoms in total. The fourth-order valence-corrected chi connectivity index (χ4v) is 3.67. The lowest BCUT2D eigenvalue weighted by Gasteiger charge is -2.06. The highest BCUT2D eigenvalue weighted by Crippen LogP contribution is 2.41. The molecule has 0 saturated carbocycles. The zero-order valence-electron chi connectivity index (χ0n) is 9.96. The molecule has 0 aliphatic carbocycles. The lowest BCUT2D eigenvalue weighted by molar-refractivity contribution is 0.0701. The maximum Gasteiger partial charge on any atom is 0.346 e. The molecule has 0 radical (unpaired) electrons. The minimum Gasteiger partial charge on any atom is -0.477 e. The SMILES string of the molecule is CC(C)Cc1c(C(=O)O)sc2c(Cl)ccc(Cl)c12. The van der Waals surface area contributed by atoms with Crippen molar-refractivity contribution < 1.29 is 9.90 Å². The van der Waals surface area contributed by atoms with Crippen molar-refractivity contribution in [3.8, 4) is 0 Å². The molecule has 0 amide bonds. The molecule has 0 fully saturated rings. The van der Waals surface area contributed by atoms with Crippen LogP contribution in [0.1, 0.15) is 29.1 Å². The van der Waals surface area contributed by atoms with Crippen molar-refractivity contribution in [2.75, 3.05) is 0 Å². The largest absolute Gasteiger partial charge is 0.477 e. The summed E-state index contributed by atoms with van der Waals surface area (Å²) in [5, 5.41) is 11.2. The molecule has 0 unspecified atom stereocenters. The molecule has 1 aromatic carbocycles. The van der Waals surface area contributed by atoms with Crippen molar-refractivity contribution in [2.24, 2.45) is 5.92 Å². The first-order valence-electron chi connectivity index (χ1n) is 5.54. The quantitative estimate of drug-likeness (QED) is 0.856. The van der Waals surface area contributed by atoms with Crippen molar-refractivity contribution >= 4 is 50.6 Å². The average molecular weight is 303 g/mol. The number of hydrogen-bond donors (Lipinski definition) is 1. The smallest absolute Gasteiger partial charge is 0.346 e. The van der Waals surface area contributed by atoms with Crippen molar-refractivity contribution in [1.29, 1.82) is 0 Å². The van der Waals surface area contributed by atoms with Gasteiger partial charge in [0.25, 0.3) is 0 Å². The molecule has 2 aromatic rings. The molecule has 1 aromatic heterocycles.